The van der Waals surface area contributed by atoms with Crippen molar-refractivity contribution in [1.29, 1.82) is 0 Å². The summed E-state index contributed by atoms with van der Waals surface area (Å²) in [6.07, 6.45) is 3.29. The molecule has 27 heavy (non-hydrogen) atoms. The second kappa shape index (κ2) is 7.45. The van der Waals surface area contributed by atoms with E-state index in [0.29, 0.717) is 13.0 Å². The van der Waals surface area contributed by atoms with E-state index in [2.05, 4.69) is 35.4 Å². The van der Waals surface area contributed by atoms with Gasteiger partial charge in [-0.1, -0.05) is 23.8 Å². The molecule has 1 aliphatic heterocycles. The second-order valence-corrected chi connectivity index (χ2v) is 7.30. The van der Waals surface area contributed by atoms with Crippen LogP contribution in [0.2, 0.25) is 0 Å². The molecule has 2 aromatic carbocycles. The number of amides is 1. The Labute approximate surface area is 159 Å². The van der Waals surface area contributed by atoms with Gasteiger partial charge in [-0.05, 0) is 48.7 Å². The van der Waals surface area contributed by atoms with E-state index in [-0.39, 0.29) is 17.7 Å². The van der Waals surface area contributed by atoms with Crippen LogP contribution >= 0.6 is 0 Å². The van der Waals surface area contributed by atoms with Crippen LogP contribution in [0.25, 0.3) is 10.9 Å². The van der Waals surface area contributed by atoms with E-state index >= 15 is 0 Å². The lowest BCUT2D eigenvalue weighted by Gasteiger charge is -2.34. The van der Waals surface area contributed by atoms with E-state index in [1.807, 2.05) is 23.2 Å². The quantitative estimate of drug-likeness (QED) is 0.666. The average molecular weight is 363 g/mol. The Morgan fingerprint density at radius 3 is 2.85 bits per heavy atom. The lowest BCUT2D eigenvalue weighted by atomic mass is 10.0. The smallest absolute Gasteiger partial charge is 0.223 e. The molecule has 5 heteroatoms. The number of carbonyl (C=O) groups excluding carboxylic acids is 1. The standard InChI is InChI=1S/C22H25N3O2/c1-15-2-8-20-19(12-15)17(13-24-20)5-9-22(27)25-11-10-23-21(14-25)16-3-6-18(26)7-4-16/h2-4,6-8,12-13,21,23-24,26H,5,9-11,14H2,1H3. The molecule has 1 aliphatic rings. The van der Waals surface area contributed by atoms with Crippen molar-refractivity contribution in [2.45, 2.75) is 25.8 Å². The molecule has 3 aromatic rings. The average Bonchev–Trinajstić information content (AvgIpc) is 3.09. The zero-order valence-electron chi connectivity index (χ0n) is 15.5. The Morgan fingerprint density at radius 2 is 2.04 bits per heavy atom. The van der Waals surface area contributed by atoms with Gasteiger partial charge in [0.05, 0.1) is 0 Å². The molecule has 1 atom stereocenters. The number of benzene rings is 2. The number of nitrogens with one attached hydrogen (secondary N) is 2. The number of aromatic amines is 1. The molecule has 5 nitrogen and oxygen atoms in total. The lowest BCUT2D eigenvalue weighted by molar-refractivity contribution is -0.132. The number of fused-ring (bicyclic) bond motifs is 1. The summed E-state index contributed by atoms with van der Waals surface area (Å²) in [5.41, 5.74) is 4.65. The number of piperazine rings is 1. The zero-order valence-corrected chi connectivity index (χ0v) is 15.5. The summed E-state index contributed by atoms with van der Waals surface area (Å²) in [5.74, 6) is 0.457. The SMILES string of the molecule is Cc1ccc2[nH]cc(CCC(=O)N3CCNC(c4ccc(O)cc4)C3)c2c1. The summed E-state index contributed by atoms with van der Waals surface area (Å²) >= 11 is 0. The molecule has 1 amide bonds. The van der Waals surface area contributed by atoms with Gasteiger partial charge in [0, 0.05) is 49.2 Å². The molecular formula is C22H25N3O2. The predicted molar refractivity (Wildman–Crippen MR) is 107 cm³/mol. The molecule has 2 heterocycles. The number of aromatic nitrogens is 1. The van der Waals surface area contributed by atoms with Crippen molar-refractivity contribution < 1.29 is 9.90 Å². The van der Waals surface area contributed by atoms with Crippen LogP contribution in [0.4, 0.5) is 0 Å². The molecule has 1 unspecified atom stereocenters. The van der Waals surface area contributed by atoms with Crippen LogP contribution in [-0.2, 0) is 11.2 Å². The second-order valence-electron chi connectivity index (χ2n) is 7.30. The molecule has 0 aliphatic carbocycles. The highest BCUT2D eigenvalue weighted by atomic mass is 16.3. The fourth-order valence-corrected chi connectivity index (χ4v) is 3.81. The highest BCUT2D eigenvalue weighted by molar-refractivity contribution is 5.85. The third-order valence-corrected chi connectivity index (χ3v) is 5.35. The van der Waals surface area contributed by atoms with Crippen molar-refractivity contribution in [2.24, 2.45) is 0 Å². The van der Waals surface area contributed by atoms with Crippen molar-refractivity contribution in [3.05, 3.63) is 65.4 Å². The maximum atomic E-state index is 12.8. The number of nitrogens with zero attached hydrogens (tertiary/aromatic N) is 1. The van der Waals surface area contributed by atoms with E-state index < -0.39 is 0 Å². The van der Waals surface area contributed by atoms with Gasteiger partial charge in [0.2, 0.25) is 5.91 Å². The Kier molecular flexibility index (Phi) is 4.86. The molecule has 1 saturated heterocycles. The molecule has 0 spiro atoms. The van der Waals surface area contributed by atoms with Gasteiger partial charge in [-0.15, -0.1) is 0 Å². The van der Waals surface area contributed by atoms with Crippen LogP contribution in [0.1, 0.15) is 29.2 Å². The van der Waals surface area contributed by atoms with Gasteiger partial charge in [-0.3, -0.25) is 4.79 Å². The van der Waals surface area contributed by atoms with E-state index in [9.17, 15) is 9.90 Å². The van der Waals surface area contributed by atoms with Gasteiger partial charge in [0.15, 0.2) is 0 Å². The van der Waals surface area contributed by atoms with Gasteiger partial charge < -0.3 is 20.3 Å². The largest absolute Gasteiger partial charge is 0.508 e. The number of rotatable bonds is 4. The van der Waals surface area contributed by atoms with Crippen LogP contribution < -0.4 is 5.32 Å². The maximum Gasteiger partial charge on any atom is 0.223 e. The number of hydrogen-bond donors (Lipinski definition) is 3. The molecular weight excluding hydrogens is 338 g/mol. The van der Waals surface area contributed by atoms with Crippen molar-refractivity contribution in [3.8, 4) is 5.75 Å². The monoisotopic (exact) mass is 363 g/mol. The van der Waals surface area contributed by atoms with Crippen LogP contribution in [0, 0.1) is 6.92 Å². The number of carbonyl (C=O) groups is 1. The van der Waals surface area contributed by atoms with Gasteiger partial charge >= 0.3 is 0 Å². The molecule has 140 valence electrons. The molecule has 4 rings (SSSR count). The van der Waals surface area contributed by atoms with E-state index in [1.54, 1.807) is 12.1 Å². The van der Waals surface area contributed by atoms with Gasteiger partial charge in [-0.2, -0.15) is 0 Å². The molecule has 0 bridgehead atoms. The highest BCUT2D eigenvalue weighted by Gasteiger charge is 2.24. The van der Waals surface area contributed by atoms with Crippen molar-refractivity contribution >= 4 is 16.8 Å². The summed E-state index contributed by atoms with van der Waals surface area (Å²) < 4.78 is 0. The fourth-order valence-electron chi connectivity index (χ4n) is 3.81. The predicted octanol–water partition coefficient (Wildman–Crippen LogP) is 3.29. The number of aryl methyl sites for hydroxylation is 2. The lowest BCUT2D eigenvalue weighted by Crippen LogP contribution is -2.48. The maximum absolute atomic E-state index is 12.8. The van der Waals surface area contributed by atoms with Gasteiger partial charge in [0.25, 0.3) is 0 Å². The van der Waals surface area contributed by atoms with Gasteiger partial charge in [-0.25, -0.2) is 0 Å². The molecule has 1 fully saturated rings. The topological polar surface area (TPSA) is 68.4 Å². The first kappa shape index (κ1) is 17.6. The molecule has 1 aromatic heterocycles. The Balaban J connectivity index is 1.40. The number of aromatic hydroxyl groups is 1. The number of phenols is 1. The highest BCUT2D eigenvalue weighted by Crippen LogP contribution is 2.23. The van der Waals surface area contributed by atoms with Crippen LogP contribution in [0.3, 0.4) is 0 Å². The normalized spacial score (nSPS) is 17.4. The Hall–Kier alpha value is -2.79. The third-order valence-electron chi connectivity index (χ3n) is 5.35. The van der Waals surface area contributed by atoms with Crippen molar-refractivity contribution in [2.75, 3.05) is 19.6 Å². The van der Waals surface area contributed by atoms with E-state index in [4.69, 9.17) is 0 Å². The first-order chi connectivity index (χ1) is 13.1. The minimum absolute atomic E-state index is 0.110. The fraction of sp³-hybridized carbons (Fsp3) is 0.318. The van der Waals surface area contributed by atoms with Crippen molar-refractivity contribution in [3.63, 3.8) is 0 Å². The molecule has 0 radical (unpaired) electrons. The summed E-state index contributed by atoms with van der Waals surface area (Å²) in [6.45, 7) is 4.27. The summed E-state index contributed by atoms with van der Waals surface area (Å²) in [7, 11) is 0. The van der Waals surface area contributed by atoms with Crippen molar-refractivity contribution in [1.82, 2.24) is 15.2 Å². The van der Waals surface area contributed by atoms with Crippen LogP contribution in [0.5, 0.6) is 5.75 Å². The van der Waals surface area contributed by atoms with Gasteiger partial charge in [0.1, 0.15) is 5.75 Å². The number of phenolic OH excluding ortho intramolecular Hbond substituents is 1. The summed E-state index contributed by atoms with van der Waals surface area (Å²) in [4.78, 5) is 18.0. The first-order valence-electron chi connectivity index (χ1n) is 9.47. The van der Waals surface area contributed by atoms with Crippen LogP contribution in [0.15, 0.2) is 48.7 Å². The van der Waals surface area contributed by atoms with E-state index in [1.165, 1.54) is 16.5 Å². The van der Waals surface area contributed by atoms with E-state index in [0.717, 1.165) is 30.6 Å². The Morgan fingerprint density at radius 1 is 1.22 bits per heavy atom. The first-order valence-corrected chi connectivity index (χ1v) is 9.47. The number of H-pyrrole nitrogens is 1. The third kappa shape index (κ3) is 3.83. The summed E-state index contributed by atoms with van der Waals surface area (Å²) in [6, 6.07) is 13.7. The summed E-state index contributed by atoms with van der Waals surface area (Å²) in [5, 5.41) is 14.1. The minimum Gasteiger partial charge on any atom is -0.508 e. The Bertz CT molecular complexity index is 946. The zero-order chi connectivity index (χ0) is 18.8. The number of hydrogen-bond acceptors (Lipinski definition) is 3. The molecule has 3 N–H and O–H groups in total. The minimum atomic E-state index is 0.110. The van der Waals surface area contributed by atoms with Crippen LogP contribution in [-0.4, -0.2) is 40.5 Å². The molecule has 0 saturated carbocycles.